The SMILES string of the molecule is CS(=O)(=O)OCC1CN(C2CCN(Cc3ccccc3)CC2)C(=O)O1. The number of hydrogen-bond acceptors (Lipinski definition) is 6. The zero-order chi connectivity index (χ0) is 17.9. The van der Waals surface area contributed by atoms with Crippen LogP contribution in [0.3, 0.4) is 0 Å². The molecular weight excluding hydrogens is 344 g/mol. The Hall–Kier alpha value is -1.64. The molecule has 1 atom stereocenters. The van der Waals surface area contributed by atoms with Gasteiger partial charge in [-0.1, -0.05) is 30.3 Å². The van der Waals surface area contributed by atoms with Gasteiger partial charge in [0, 0.05) is 25.7 Å². The third-order valence-electron chi connectivity index (χ3n) is 4.62. The van der Waals surface area contributed by atoms with Crippen LogP contribution in [0.2, 0.25) is 0 Å². The highest BCUT2D eigenvalue weighted by Gasteiger charge is 2.37. The van der Waals surface area contributed by atoms with Gasteiger partial charge in [-0.2, -0.15) is 8.42 Å². The van der Waals surface area contributed by atoms with E-state index in [1.165, 1.54) is 5.56 Å². The van der Waals surface area contributed by atoms with Gasteiger partial charge in [-0.15, -0.1) is 0 Å². The largest absolute Gasteiger partial charge is 0.442 e. The Kier molecular flexibility index (Phi) is 5.61. The summed E-state index contributed by atoms with van der Waals surface area (Å²) >= 11 is 0. The van der Waals surface area contributed by atoms with E-state index >= 15 is 0 Å². The fourth-order valence-electron chi connectivity index (χ4n) is 3.36. The molecule has 0 saturated carbocycles. The number of cyclic esters (lactones) is 1. The number of rotatable bonds is 6. The number of benzene rings is 1. The topological polar surface area (TPSA) is 76.2 Å². The summed E-state index contributed by atoms with van der Waals surface area (Å²) in [5.74, 6) is 0. The number of nitrogens with zero attached hydrogens (tertiary/aromatic N) is 2. The van der Waals surface area contributed by atoms with E-state index < -0.39 is 16.2 Å². The van der Waals surface area contributed by atoms with Gasteiger partial charge in [0.2, 0.25) is 0 Å². The Morgan fingerprint density at radius 3 is 2.52 bits per heavy atom. The van der Waals surface area contributed by atoms with E-state index in [1.807, 2.05) is 18.2 Å². The first kappa shape index (κ1) is 18.2. The highest BCUT2D eigenvalue weighted by molar-refractivity contribution is 7.85. The van der Waals surface area contributed by atoms with Crippen LogP contribution < -0.4 is 0 Å². The minimum Gasteiger partial charge on any atom is -0.442 e. The molecule has 2 saturated heterocycles. The lowest BCUT2D eigenvalue weighted by Gasteiger charge is -2.35. The minimum atomic E-state index is -3.52. The van der Waals surface area contributed by atoms with E-state index in [1.54, 1.807) is 4.90 Å². The molecule has 25 heavy (non-hydrogen) atoms. The van der Waals surface area contributed by atoms with Gasteiger partial charge in [0.25, 0.3) is 10.1 Å². The average Bonchev–Trinajstić information content (AvgIpc) is 2.95. The number of carbonyl (C=O) groups excluding carboxylic acids is 1. The molecule has 0 N–H and O–H groups in total. The molecule has 1 aromatic rings. The number of amides is 1. The molecule has 2 heterocycles. The molecule has 2 aliphatic heterocycles. The molecule has 0 aliphatic carbocycles. The molecule has 0 spiro atoms. The van der Waals surface area contributed by atoms with Crippen molar-refractivity contribution in [1.29, 1.82) is 0 Å². The molecule has 2 fully saturated rings. The first-order chi connectivity index (χ1) is 11.9. The van der Waals surface area contributed by atoms with Crippen LogP contribution in [0.1, 0.15) is 18.4 Å². The van der Waals surface area contributed by atoms with Gasteiger partial charge in [-0.3, -0.25) is 9.08 Å². The minimum absolute atomic E-state index is 0.117. The van der Waals surface area contributed by atoms with E-state index in [2.05, 4.69) is 17.0 Å². The lowest BCUT2D eigenvalue weighted by molar-refractivity contribution is 0.0983. The van der Waals surface area contributed by atoms with Crippen molar-refractivity contribution in [2.45, 2.75) is 31.5 Å². The molecule has 8 heteroatoms. The maximum absolute atomic E-state index is 12.1. The zero-order valence-corrected chi connectivity index (χ0v) is 15.2. The van der Waals surface area contributed by atoms with E-state index in [9.17, 15) is 13.2 Å². The van der Waals surface area contributed by atoms with Crippen molar-refractivity contribution in [3.05, 3.63) is 35.9 Å². The Labute approximate surface area is 148 Å². The van der Waals surface area contributed by atoms with Crippen molar-refractivity contribution >= 4 is 16.2 Å². The van der Waals surface area contributed by atoms with Crippen LogP contribution in [-0.2, 0) is 25.6 Å². The van der Waals surface area contributed by atoms with Crippen molar-refractivity contribution in [3.8, 4) is 0 Å². The van der Waals surface area contributed by atoms with Gasteiger partial charge in [0.05, 0.1) is 12.8 Å². The van der Waals surface area contributed by atoms with Crippen molar-refractivity contribution in [2.24, 2.45) is 0 Å². The molecular formula is C17H24N2O5S. The second-order valence-electron chi connectivity index (χ2n) is 6.64. The third-order valence-corrected chi connectivity index (χ3v) is 5.18. The summed E-state index contributed by atoms with van der Waals surface area (Å²) in [5.41, 5.74) is 1.29. The van der Waals surface area contributed by atoms with Crippen molar-refractivity contribution < 1.29 is 22.1 Å². The summed E-state index contributed by atoms with van der Waals surface area (Å²) < 4.78 is 32.1. The second kappa shape index (κ2) is 7.72. The summed E-state index contributed by atoms with van der Waals surface area (Å²) in [4.78, 5) is 16.2. The monoisotopic (exact) mass is 368 g/mol. The number of ether oxygens (including phenoxy) is 1. The van der Waals surface area contributed by atoms with E-state index in [0.717, 1.165) is 38.7 Å². The smallest absolute Gasteiger partial charge is 0.410 e. The summed E-state index contributed by atoms with van der Waals surface area (Å²) in [6, 6.07) is 10.5. The van der Waals surface area contributed by atoms with Crippen molar-refractivity contribution in [3.63, 3.8) is 0 Å². The van der Waals surface area contributed by atoms with Crippen LogP contribution in [0.25, 0.3) is 0 Å². The summed E-state index contributed by atoms with van der Waals surface area (Å²) in [5, 5.41) is 0. The standard InChI is InChI=1S/C17H24N2O5S/c1-25(21,22)23-13-16-12-19(17(20)24-16)15-7-9-18(10-8-15)11-14-5-3-2-4-6-14/h2-6,15-16H,7-13H2,1H3. The lowest BCUT2D eigenvalue weighted by atomic mass is 10.0. The Bertz CT molecular complexity index is 686. The first-order valence-corrected chi connectivity index (χ1v) is 10.3. The number of carbonyl (C=O) groups is 1. The maximum atomic E-state index is 12.1. The summed E-state index contributed by atoms with van der Waals surface area (Å²) in [7, 11) is -3.52. The molecule has 0 aromatic heterocycles. The van der Waals surface area contributed by atoms with Gasteiger partial charge in [0.1, 0.15) is 12.7 Å². The summed E-state index contributed by atoms with van der Waals surface area (Å²) in [6.45, 7) is 3.04. The number of likely N-dealkylation sites (tertiary alicyclic amines) is 1. The van der Waals surface area contributed by atoms with Crippen LogP contribution in [0.4, 0.5) is 4.79 Å². The molecule has 7 nitrogen and oxygen atoms in total. The van der Waals surface area contributed by atoms with Crippen molar-refractivity contribution in [2.75, 3.05) is 32.5 Å². The van der Waals surface area contributed by atoms with E-state index in [4.69, 9.17) is 8.92 Å². The number of hydrogen-bond donors (Lipinski definition) is 0. The predicted octanol–water partition coefficient (Wildman–Crippen LogP) is 1.45. The molecule has 1 aromatic carbocycles. The Balaban J connectivity index is 1.47. The van der Waals surface area contributed by atoms with Crippen molar-refractivity contribution in [1.82, 2.24) is 9.80 Å². The second-order valence-corrected chi connectivity index (χ2v) is 8.28. The molecule has 1 amide bonds. The normalized spacial score (nSPS) is 23.0. The van der Waals surface area contributed by atoms with Gasteiger partial charge >= 0.3 is 6.09 Å². The van der Waals surface area contributed by atoms with Crippen LogP contribution in [0.5, 0.6) is 0 Å². The van der Waals surface area contributed by atoms with Gasteiger partial charge < -0.3 is 9.64 Å². The number of piperidine rings is 1. The van der Waals surface area contributed by atoms with E-state index in [-0.39, 0.29) is 18.7 Å². The molecule has 2 aliphatic rings. The quantitative estimate of drug-likeness (QED) is 0.708. The predicted molar refractivity (Wildman–Crippen MR) is 92.5 cm³/mol. The molecule has 1 unspecified atom stereocenters. The van der Waals surface area contributed by atoms with Crippen LogP contribution in [0.15, 0.2) is 30.3 Å². The van der Waals surface area contributed by atoms with Crippen LogP contribution in [-0.4, -0.2) is 69.0 Å². The lowest BCUT2D eigenvalue weighted by Crippen LogP contribution is -2.45. The highest BCUT2D eigenvalue weighted by Crippen LogP contribution is 2.23. The Morgan fingerprint density at radius 2 is 1.88 bits per heavy atom. The average molecular weight is 368 g/mol. The van der Waals surface area contributed by atoms with Crippen LogP contribution in [0, 0.1) is 0 Å². The van der Waals surface area contributed by atoms with E-state index in [0.29, 0.717) is 6.54 Å². The van der Waals surface area contributed by atoms with Gasteiger partial charge in [-0.25, -0.2) is 4.79 Å². The fraction of sp³-hybridized carbons (Fsp3) is 0.588. The third kappa shape index (κ3) is 5.17. The highest BCUT2D eigenvalue weighted by atomic mass is 32.2. The van der Waals surface area contributed by atoms with Gasteiger partial charge in [-0.05, 0) is 18.4 Å². The first-order valence-electron chi connectivity index (χ1n) is 8.48. The Morgan fingerprint density at radius 1 is 1.20 bits per heavy atom. The summed E-state index contributed by atoms with van der Waals surface area (Å²) in [6.07, 6.45) is 1.88. The molecule has 138 valence electrons. The molecule has 0 bridgehead atoms. The molecule has 0 radical (unpaired) electrons. The fourth-order valence-corrected chi connectivity index (χ4v) is 3.76. The zero-order valence-electron chi connectivity index (χ0n) is 14.3. The van der Waals surface area contributed by atoms with Gasteiger partial charge in [0.15, 0.2) is 0 Å². The maximum Gasteiger partial charge on any atom is 0.410 e. The molecule has 3 rings (SSSR count). The van der Waals surface area contributed by atoms with Crippen LogP contribution >= 0.6 is 0 Å².